The molecule has 1 atom stereocenters. The van der Waals surface area contributed by atoms with Gasteiger partial charge in [-0.25, -0.2) is 18.2 Å². The number of aryl methyl sites for hydroxylation is 1. The lowest BCUT2D eigenvalue weighted by Crippen LogP contribution is -2.46. The van der Waals surface area contributed by atoms with Gasteiger partial charge in [0, 0.05) is 61.7 Å². The first kappa shape index (κ1) is 34.7. The normalized spacial score (nSPS) is 14.9. The van der Waals surface area contributed by atoms with Gasteiger partial charge < -0.3 is 24.4 Å². The Morgan fingerprint density at radius 2 is 1.77 bits per heavy atom. The number of aliphatic hydroxyl groups excluding tert-OH is 1. The number of carbonyl (C=O) groups is 2. The van der Waals surface area contributed by atoms with Gasteiger partial charge in [0.15, 0.2) is 15.6 Å². The van der Waals surface area contributed by atoms with E-state index in [0.29, 0.717) is 30.8 Å². The van der Waals surface area contributed by atoms with Crippen LogP contribution in [0.15, 0.2) is 53.6 Å². The summed E-state index contributed by atoms with van der Waals surface area (Å²) in [4.78, 5) is 41.2. The van der Waals surface area contributed by atoms with Gasteiger partial charge in [0.2, 0.25) is 5.88 Å². The van der Waals surface area contributed by atoms with Crippen LogP contribution in [0.3, 0.4) is 0 Å². The number of carboxylic acids is 1. The number of Topliss-reactive ketones (excluding diaryl/α,β-unsaturated/α-hetero) is 1. The summed E-state index contributed by atoms with van der Waals surface area (Å²) < 4.78 is 52.4. The Kier molecular flexibility index (Phi) is 11.0. The highest BCUT2D eigenvalue weighted by molar-refractivity contribution is 7.92. The number of aliphatic hydroxyl groups is 1. The van der Waals surface area contributed by atoms with Gasteiger partial charge in [-0.3, -0.25) is 9.59 Å². The van der Waals surface area contributed by atoms with Gasteiger partial charge in [0.05, 0.1) is 0 Å². The standard InChI is InChI=1S/C27H33N3O6S.C3H4F2O2/c1-27(24(32)18-31,37(3,34)35)11-13-30-12-10-20-16-19(4-8-23(20)26(30)33)21-5-9-25(28-17-21)36-15-14-29(2)22-6-7-22;1-3(4,5)2(6)7/h4-5,8-10,12,16-17,22,31H,6-7,11,13-15,18H2,1-3H3;1H3,(H,6,7)/t27-;/m1./s1. The van der Waals surface area contributed by atoms with E-state index in [2.05, 4.69) is 16.9 Å². The second-order valence-corrected chi connectivity index (χ2v) is 13.5. The summed E-state index contributed by atoms with van der Waals surface area (Å²) in [6.45, 7) is 2.21. The van der Waals surface area contributed by atoms with E-state index < -0.39 is 38.9 Å². The van der Waals surface area contributed by atoms with Crippen LogP contribution in [0.1, 0.15) is 33.1 Å². The van der Waals surface area contributed by atoms with Crippen molar-refractivity contribution in [2.75, 3.05) is 33.1 Å². The minimum Gasteiger partial charge on any atom is -0.477 e. The van der Waals surface area contributed by atoms with Gasteiger partial charge in [-0.15, -0.1) is 0 Å². The first-order chi connectivity index (χ1) is 20.5. The Morgan fingerprint density at radius 3 is 2.30 bits per heavy atom. The van der Waals surface area contributed by atoms with Gasteiger partial charge in [-0.05, 0) is 68.4 Å². The Balaban J connectivity index is 0.000000676. The number of nitrogens with zero attached hydrogens (tertiary/aromatic N) is 3. The molecule has 4 rings (SSSR count). The van der Waals surface area contributed by atoms with Crippen molar-refractivity contribution in [2.45, 2.75) is 56.4 Å². The number of rotatable bonds is 13. The van der Waals surface area contributed by atoms with Crippen LogP contribution in [0.2, 0.25) is 0 Å². The molecule has 0 amide bonds. The fourth-order valence-corrected chi connectivity index (χ4v) is 5.25. The lowest BCUT2D eigenvalue weighted by molar-refractivity contribution is -0.161. The summed E-state index contributed by atoms with van der Waals surface area (Å²) in [5, 5.41) is 18.0. The number of likely N-dealkylation sites (N-methyl/N-ethyl adjacent to an activating group) is 1. The number of hydrogen-bond donors (Lipinski definition) is 2. The van der Waals surface area contributed by atoms with Crippen molar-refractivity contribution in [3.05, 3.63) is 59.1 Å². The van der Waals surface area contributed by atoms with Crippen LogP contribution in [-0.4, -0.2) is 94.6 Å². The molecular weight excluding hydrogens is 600 g/mol. The Labute approximate surface area is 254 Å². The molecule has 1 aliphatic rings. The SMILES string of the molecule is CC(F)(F)C(=O)O.CN(CCOc1ccc(-c2ccc3c(=O)n(CC[C@](C)(C(=O)CO)S(C)(=O)=O)ccc3c2)cn1)C1CC1. The van der Waals surface area contributed by atoms with E-state index in [4.69, 9.17) is 9.84 Å². The van der Waals surface area contributed by atoms with E-state index in [0.717, 1.165) is 29.3 Å². The maximum absolute atomic E-state index is 13.1. The molecule has 0 aliphatic heterocycles. The summed E-state index contributed by atoms with van der Waals surface area (Å²) in [5.74, 6) is -5.89. The number of fused-ring (bicyclic) bond motifs is 1. The third-order valence-electron chi connectivity index (χ3n) is 7.67. The molecule has 0 radical (unpaired) electrons. The molecule has 2 heterocycles. The van der Waals surface area contributed by atoms with E-state index in [1.165, 1.54) is 24.3 Å². The number of ketones is 1. The maximum atomic E-state index is 13.1. The molecule has 0 unspecified atom stereocenters. The second kappa shape index (κ2) is 13.9. The summed E-state index contributed by atoms with van der Waals surface area (Å²) in [6.07, 6.45) is 6.70. The minimum absolute atomic E-state index is 0.0215. The minimum atomic E-state index is -3.79. The smallest absolute Gasteiger partial charge is 0.374 e. The molecule has 2 aromatic heterocycles. The topological polar surface area (TPSA) is 156 Å². The highest BCUT2D eigenvalue weighted by Gasteiger charge is 2.42. The average Bonchev–Trinajstić information content (AvgIpc) is 3.81. The van der Waals surface area contributed by atoms with Crippen LogP contribution in [0, 0.1) is 0 Å². The lowest BCUT2D eigenvalue weighted by atomic mass is 10.0. The predicted octanol–water partition coefficient (Wildman–Crippen LogP) is 3.02. The maximum Gasteiger partial charge on any atom is 0.374 e. The Morgan fingerprint density at radius 1 is 1.14 bits per heavy atom. The second-order valence-electron chi connectivity index (χ2n) is 11.1. The van der Waals surface area contributed by atoms with E-state index >= 15 is 0 Å². The van der Waals surface area contributed by atoms with Crippen LogP contribution < -0.4 is 10.3 Å². The number of hydrogen-bond acceptors (Lipinski definition) is 9. The molecule has 0 bridgehead atoms. The third kappa shape index (κ3) is 8.67. The van der Waals surface area contributed by atoms with Crippen molar-refractivity contribution in [2.24, 2.45) is 0 Å². The number of ether oxygens (including phenoxy) is 1. The molecule has 1 saturated carbocycles. The molecule has 44 heavy (non-hydrogen) atoms. The average molecular weight is 638 g/mol. The number of halogens is 2. The molecule has 0 saturated heterocycles. The summed E-state index contributed by atoms with van der Waals surface area (Å²) in [7, 11) is -1.68. The number of aliphatic carboxylic acids is 1. The fourth-order valence-electron chi connectivity index (χ4n) is 4.30. The number of alkyl halides is 2. The van der Waals surface area contributed by atoms with Gasteiger partial charge >= 0.3 is 11.9 Å². The lowest BCUT2D eigenvalue weighted by Gasteiger charge is -2.25. The van der Waals surface area contributed by atoms with Crippen molar-refractivity contribution in [3.63, 3.8) is 0 Å². The monoisotopic (exact) mass is 637 g/mol. The number of carboxylic acid groups (broad SMARTS) is 1. The van der Waals surface area contributed by atoms with Crippen molar-refractivity contribution in [1.82, 2.24) is 14.5 Å². The summed E-state index contributed by atoms with van der Waals surface area (Å²) >= 11 is 0. The predicted molar refractivity (Wildman–Crippen MR) is 161 cm³/mol. The Bertz CT molecular complexity index is 1650. The van der Waals surface area contributed by atoms with Gasteiger partial charge in [0.25, 0.3) is 5.56 Å². The van der Waals surface area contributed by atoms with Crippen molar-refractivity contribution >= 4 is 32.4 Å². The van der Waals surface area contributed by atoms with Crippen molar-refractivity contribution in [3.8, 4) is 17.0 Å². The van der Waals surface area contributed by atoms with Crippen LogP contribution in [-0.2, 0) is 26.0 Å². The molecule has 1 aromatic carbocycles. The molecule has 3 aromatic rings. The molecule has 0 spiro atoms. The first-order valence-corrected chi connectivity index (χ1v) is 15.7. The molecule has 14 heteroatoms. The van der Waals surface area contributed by atoms with E-state index in [-0.39, 0.29) is 18.5 Å². The van der Waals surface area contributed by atoms with Crippen LogP contribution in [0.4, 0.5) is 8.78 Å². The van der Waals surface area contributed by atoms with Crippen LogP contribution in [0.5, 0.6) is 5.88 Å². The zero-order valence-electron chi connectivity index (χ0n) is 25.0. The summed E-state index contributed by atoms with van der Waals surface area (Å²) in [6, 6.07) is 11.7. The zero-order valence-corrected chi connectivity index (χ0v) is 25.8. The third-order valence-corrected chi connectivity index (χ3v) is 9.74. The van der Waals surface area contributed by atoms with Crippen molar-refractivity contribution in [1.29, 1.82) is 0 Å². The van der Waals surface area contributed by atoms with E-state index in [1.807, 2.05) is 24.3 Å². The van der Waals surface area contributed by atoms with E-state index in [1.54, 1.807) is 24.5 Å². The number of carbonyl (C=O) groups excluding carboxylic acids is 1. The van der Waals surface area contributed by atoms with Gasteiger partial charge in [0.1, 0.15) is 18.0 Å². The number of pyridine rings is 2. The molecule has 11 nitrogen and oxygen atoms in total. The molecule has 1 aliphatic carbocycles. The van der Waals surface area contributed by atoms with Crippen LogP contribution in [0.25, 0.3) is 21.9 Å². The zero-order chi connectivity index (χ0) is 32.9. The Hall–Kier alpha value is -3.75. The molecular formula is C30H37F2N3O8S. The number of aromatic nitrogens is 2. The summed E-state index contributed by atoms with van der Waals surface area (Å²) in [5.41, 5.74) is 1.50. The molecule has 1 fully saturated rings. The van der Waals surface area contributed by atoms with Crippen LogP contribution >= 0.6 is 0 Å². The number of sulfone groups is 1. The van der Waals surface area contributed by atoms with Gasteiger partial charge in [-0.1, -0.05) is 6.07 Å². The highest BCUT2D eigenvalue weighted by atomic mass is 32.2. The van der Waals surface area contributed by atoms with E-state index in [9.17, 15) is 36.7 Å². The number of benzene rings is 1. The van der Waals surface area contributed by atoms with Gasteiger partial charge in [-0.2, -0.15) is 8.78 Å². The molecule has 240 valence electrons. The first-order valence-electron chi connectivity index (χ1n) is 13.9. The van der Waals surface area contributed by atoms with Crippen molar-refractivity contribution < 1.29 is 41.7 Å². The highest BCUT2D eigenvalue weighted by Crippen LogP contribution is 2.26. The fraction of sp³-hybridized carbons (Fsp3) is 0.467. The largest absolute Gasteiger partial charge is 0.477 e. The molecule has 2 N–H and O–H groups in total. The quantitative estimate of drug-likeness (QED) is 0.286.